The van der Waals surface area contributed by atoms with Crippen LogP contribution in [0.1, 0.15) is 39.5 Å². The molecule has 1 fully saturated rings. The van der Waals surface area contributed by atoms with Crippen molar-refractivity contribution >= 4 is 5.91 Å². The van der Waals surface area contributed by atoms with Crippen LogP contribution in [0.2, 0.25) is 0 Å². The number of carbonyl (C=O) groups excluding carboxylic acids is 1. The second-order valence-corrected chi connectivity index (χ2v) is 5.21. The molecule has 0 aromatic carbocycles. The molecule has 3 heteroatoms. The number of rotatable bonds is 3. The molecule has 0 aliphatic heterocycles. The second kappa shape index (κ2) is 5.89. The zero-order valence-electron chi connectivity index (χ0n) is 10.6. The third kappa shape index (κ3) is 3.52. The smallest absolute Gasteiger partial charge is 0.225 e. The Morgan fingerprint density at radius 1 is 1.44 bits per heavy atom. The standard InChI is InChI=1S/C13H22N2O/c1-10-4-6-12(7-5-10)13(16)15(3)9-11(2)8-14/h10-12H,4-7,9H2,1-3H3. The predicted molar refractivity (Wildman–Crippen MR) is 63.5 cm³/mol. The van der Waals surface area contributed by atoms with Crippen molar-refractivity contribution in [2.75, 3.05) is 13.6 Å². The van der Waals surface area contributed by atoms with Crippen LogP contribution >= 0.6 is 0 Å². The quantitative estimate of drug-likeness (QED) is 0.736. The van der Waals surface area contributed by atoms with Crippen LogP contribution in [0.25, 0.3) is 0 Å². The molecule has 1 amide bonds. The van der Waals surface area contributed by atoms with Gasteiger partial charge in [0.1, 0.15) is 0 Å². The number of amides is 1. The Labute approximate surface area is 98.4 Å². The van der Waals surface area contributed by atoms with E-state index in [0.717, 1.165) is 31.6 Å². The molecule has 0 radical (unpaired) electrons. The SMILES string of the molecule is CC(C#N)CN(C)C(=O)C1CCC(C)CC1. The average Bonchev–Trinajstić information content (AvgIpc) is 2.28. The molecule has 0 spiro atoms. The van der Waals surface area contributed by atoms with Crippen molar-refractivity contribution in [3.05, 3.63) is 0 Å². The summed E-state index contributed by atoms with van der Waals surface area (Å²) in [6.07, 6.45) is 4.37. The third-order valence-corrected chi connectivity index (χ3v) is 3.51. The van der Waals surface area contributed by atoms with Crippen molar-refractivity contribution in [3.63, 3.8) is 0 Å². The molecule has 90 valence electrons. The summed E-state index contributed by atoms with van der Waals surface area (Å²) in [7, 11) is 1.81. The second-order valence-electron chi connectivity index (χ2n) is 5.21. The Kier molecular flexibility index (Phi) is 4.79. The van der Waals surface area contributed by atoms with E-state index in [9.17, 15) is 4.79 Å². The van der Waals surface area contributed by atoms with E-state index in [4.69, 9.17) is 5.26 Å². The first-order valence-corrected chi connectivity index (χ1v) is 6.19. The van der Waals surface area contributed by atoms with Crippen molar-refractivity contribution < 1.29 is 4.79 Å². The van der Waals surface area contributed by atoms with E-state index in [1.807, 2.05) is 14.0 Å². The van der Waals surface area contributed by atoms with Crippen molar-refractivity contribution in [1.82, 2.24) is 4.90 Å². The Bertz CT molecular complexity index is 274. The van der Waals surface area contributed by atoms with Crippen LogP contribution in [-0.4, -0.2) is 24.4 Å². The van der Waals surface area contributed by atoms with Gasteiger partial charge in [-0.05, 0) is 38.5 Å². The normalized spacial score (nSPS) is 26.9. The Morgan fingerprint density at radius 2 is 2.00 bits per heavy atom. The number of hydrogen-bond donors (Lipinski definition) is 0. The molecule has 1 saturated carbocycles. The molecule has 0 saturated heterocycles. The topological polar surface area (TPSA) is 44.1 Å². The van der Waals surface area contributed by atoms with Gasteiger partial charge in [-0.1, -0.05) is 6.92 Å². The summed E-state index contributed by atoms with van der Waals surface area (Å²) in [6.45, 7) is 4.66. The largest absolute Gasteiger partial charge is 0.344 e. The van der Waals surface area contributed by atoms with Crippen LogP contribution in [-0.2, 0) is 4.79 Å². The van der Waals surface area contributed by atoms with Crippen molar-refractivity contribution in [1.29, 1.82) is 5.26 Å². The van der Waals surface area contributed by atoms with Gasteiger partial charge in [0.2, 0.25) is 5.91 Å². The monoisotopic (exact) mass is 222 g/mol. The molecule has 0 bridgehead atoms. The fourth-order valence-corrected chi connectivity index (χ4v) is 2.36. The molecule has 0 aromatic rings. The maximum atomic E-state index is 12.1. The van der Waals surface area contributed by atoms with Crippen molar-refractivity contribution in [2.45, 2.75) is 39.5 Å². The number of nitriles is 1. The summed E-state index contributed by atoms with van der Waals surface area (Å²) in [4.78, 5) is 13.8. The molecule has 3 nitrogen and oxygen atoms in total. The van der Waals surface area contributed by atoms with Gasteiger partial charge in [-0.15, -0.1) is 0 Å². The Morgan fingerprint density at radius 3 is 2.50 bits per heavy atom. The van der Waals surface area contributed by atoms with Crippen LogP contribution in [0.5, 0.6) is 0 Å². The minimum atomic E-state index is -0.0727. The summed E-state index contributed by atoms with van der Waals surface area (Å²) < 4.78 is 0. The first-order valence-electron chi connectivity index (χ1n) is 6.19. The molecule has 0 heterocycles. The van der Waals surface area contributed by atoms with Gasteiger partial charge in [-0.2, -0.15) is 5.26 Å². The highest BCUT2D eigenvalue weighted by Crippen LogP contribution is 2.29. The lowest BCUT2D eigenvalue weighted by molar-refractivity contribution is -0.135. The molecule has 1 rings (SSSR count). The van der Waals surface area contributed by atoms with E-state index >= 15 is 0 Å². The predicted octanol–water partition coefficient (Wildman–Crippen LogP) is 2.43. The minimum Gasteiger partial charge on any atom is -0.344 e. The van der Waals surface area contributed by atoms with Crippen LogP contribution < -0.4 is 0 Å². The van der Waals surface area contributed by atoms with Crippen molar-refractivity contribution in [3.8, 4) is 6.07 Å². The maximum absolute atomic E-state index is 12.1. The molecule has 1 unspecified atom stereocenters. The van der Waals surface area contributed by atoms with E-state index < -0.39 is 0 Å². The maximum Gasteiger partial charge on any atom is 0.225 e. The Balaban J connectivity index is 2.42. The molecular formula is C13H22N2O. The fraction of sp³-hybridized carbons (Fsp3) is 0.846. The highest BCUT2D eigenvalue weighted by atomic mass is 16.2. The molecule has 16 heavy (non-hydrogen) atoms. The van der Waals surface area contributed by atoms with E-state index in [1.165, 1.54) is 0 Å². The molecule has 1 aliphatic rings. The van der Waals surface area contributed by atoms with Gasteiger partial charge < -0.3 is 4.90 Å². The molecule has 1 atom stereocenters. The van der Waals surface area contributed by atoms with Gasteiger partial charge in [-0.25, -0.2) is 0 Å². The molecule has 0 aromatic heterocycles. The van der Waals surface area contributed by atoms with E-state index in [1.54, 1.807) is 4.90 Å². The Hall–Kier alpha value is -1.04. The van der Waals surface area contributed by atoms with E-state index in [-0.39, 0.29) is 17.7 Å². The molecule has 1 aliphatic carbocycles. The van der Waals surface area contributed by atoms with Gasteiger partial charge >= 0.3 is 0 Å². The van der Waals surface area contributed by atoms with Gasteiger partial charge in [0.15, 0.2) is 0 Å². The van der Waals surface area contributed by atoms with Gasteiger partial charge in [-0.3, -0.25) is 4.79 Å². The lowest BCUT2D eigenvalue weighted by atomic mass is 9.82. The first kappa shape index (κ1) is 13.0. The lowest BCUT2D eigenvalue weighted by Gasteiger charge is -2.29. The molecule has 0 N–H and O–H groups in total. The van der Waals surface area contributed by atoms with Gasteiger partial charge in [0, 0.05) is 19.5 Å². The van der Waals surface area contributed by atoms with E-state index in [2.05, 4.69) is 13.0 Å². The van der Waals surface area contributed by atoms with Crippen molar-refractivity contribution in [2.24, 2.45) is 17.8 Å². The number of nitrogens with zero attached hydrogens (tertiary/aromatic N) is 2. The minimum absolute atomic E-state index is 0.0727. The summed E-state index contributed by atoms with van der Waals surface area (Å²) in [5, 5.41) is 8.72. The van der Waals surface area contributed by atoms with Crippen LogP contribution in [0, 0.1) is 29.1 Å². The fourth-order valence-electron chi connectivity index (χ4n) is 2.36. The summed E-state index contributed by atoms with van der Waals surface area (Å²) in [5.41, 5.74) is 0. The third-order valence-electron chi connectivity index (χ3n) is 3.51. The zero-order chi connectivity index (χ0) is 12.1. The highest BCUT2D eigenvalue weighted by molar-refractivity contribution is 5.78. The summed E-state index contributed by atoms with van der Waals surface area (Å²) >= 11 is 0. The van der Waals surface area contributed by atoms with Gasteiger partial charge in [0.05, 0.1) is 12.0 Å². The zero-order valence-corrected chi connectivity index (χ0v) is 10.6. The number of carbonyl (C=O) groups is 1. The highest BCUT2D eigenvalue weighted by Gasteiger charge is 2.26. The van der Waals surface area contributed by atoms with Crippen LogP contribution in [0.15, 0.2) is 0 Å². The average molecular weight is 222 g/mol. The number of hydrogen-bond acceptors (Lipinski definition) is 2. The first-order chi connectivity index (χ1) is 7.54. The lowest BCUT2D eigenvalue weighted by Crippen LogP contribution is -2.37. The summed E-state index contributed by atoms with van der Waals surface area (Å²) in [6, 6.07) is 2.17. The van der Waals surface area contributed by atoms with Gasteiger partial charge in [0.25, 0.3) is 0 Å². The van der Waals surface area contributed by atoms with Crippen LogP contribution in [0.4, 0.5) is 0 Å². The molecular weight excluding hydrogens is 200 g/mol. The van der Waals surface area contributed by atoms with E-state index in [0.29, 0.717) is 6.54 Å². The summed E-state index contributed by atoms with van der Waals surface area (Å²) in [5.74, 6) is 1.13. The van der Waals surface area contributed by atoms with Crippen LogP contribution in [0.3, 0.4) is 0 Å².